The first-order valence-corrected chi connectivity index (χ1v) is 8.70. The van der Waals surface area contributed by atoms with Gasteiger partial charge in [-0.1, -0.05) is 43.7 Å². The van der Waals surface area contributed by atoms with E-state index in [1.54, 1.807) is 0 Å². The molecule has 1 aromatic carbocycles. The smallest absolute Gasteiger partial charge is 0.306 e. The van der Waals surface area contributed by atoms with E-state index in [-0.39, 0.29) is 30.0 Å². The Morgan fingerprint density at radius 2 is 2.09 bits per heavy atom. The second kappa shape index (κ2) is 7.93. The van der Waals surface area contributed by atoms with Crippen LogP contribution in [0.2, 0.25) is 0 Å². The number of carbonyl (C=O) groups excluding carboxylic acids is 1. The van der Waals surface area contributed by atoms with Gasteiger partial charge in [-0.15, -0.1) is 0 Å². The highest BCUT2D eigenvalue weighted by Crippen LogP contribution is 2.43. The third kappa shape index (κ3) is 4.12. The van der Waals surface area contributed by atoms with Gasteiger partial charge in [0.15, 0.2) is 0 Å². The fraction of sp³-hybridized carbons (Fsp3) is 0.632. The molecule has 4 heteroatoms. The minimum atomic E-state index is -0.0694. The Morgan fingerprint density at radius 1 is 1.26 bits per heavy atom. The molecule has 0 aromatic heterocycles. The molecule has 1 saturated heterocycles. The molecule has 0 radical (unpaired) electrons. The van der Waals surface area contributed by atoms with Gasteiger partial charge in [-0.3, -0.25) is 4.79 Å². The van der Waals surface area contributed by atoms with Crippen molar-refractivity contribution >= 4 is 5.97 Å². The summed E-state index contributed by atoms with van der Waals surface area (Å²) in [7, 11) is 0. The minimum Gasteiger partial charge on any atom is -0.462 e. The van der Waals surface area contributed by atoms with Gasteiger partial charge in [0.1, 0.15) is 6.10 Å². The molecule has 0 spiro atoms. The monoisotopic (exact) mass is 318 g/mol. The highest BCUT2D eigenvalue weighted by molar-refractivity contribution is 5.72. The lowest BCUT2D eigenvalue weighted by Gasteiger charge is -2.23. The van der Waals surface area contributed by atoms with Crippen LogP contribution >= 0.6 is 0 Å². The summed E-state index contributed by atoms with van der Waals surface area (Å²) in [5.41, 5.74) is 1.17. The summed E-state index contributed by atoms with van der Waals surface area (Å²) in [5, 5.41) is 0. The van der Waals surface area contributed by atoms with Gasteiger partial charge in [0, 0.05) is 24.9 Å². The molecule has 4 atom stereocenters. The lowest BCUT2D eigenvalue weighted by Crippen LogP contribution is -2.28. The van der Waals surface area contributed by atoms with Crippen LogP contribution in [0.25, 0.3) is 0 Å². The van der Waals surface area contributed by atoms with Crippen molar-refractivity contribution in [3.8, 4) is 0 Å². The van der Waals surface area contributed by atoms with E-state index in [9.17, 15) is 4.79 Å². The van der Waals surface area contributed by atoms with Crippen LogP contribution in [0.3, 0.4) is 0 Å². The van der Waals surface area contributed by atoms with Crippen molar-refractivity contribution in [1.82, 2.24) is 0 Å². The third-order valence-corrected chi connectivity index (χ3v) is 4.91. The van der Waals surface area contributed by atoms with Crippen LogP contribution in [0.1, 0.15) is 38.2 Å². The largest absolute Gasteiger partial charge is 0.462 e. The molecule has 0 amide bonds. The number of hydrogen-bond donors (Lipinski definition) is 0. The van der Waals surface area contributed by atoms with Crippen molar-refractivity contribution in [3.63, 3.8) is 0 Å². The fourth-order valence-corrected chi connectivity index (χ4v) is 3.65. The van der Waals surface area contributed by atoms with Crippen LogP contribution in [0.5, 0.6) is 0 Å². The molecule has 126 valence electrons. The molecule has 0 unspecified atom stereocenters. The first-order valence-electron chi connectivity index (χ1n) is 8.70. The topological polar surface area (TPSA) is 44.8 Å². The normalized spacial score (nSPS) is 29.5. The van der Waals surface area contributed by atoms with Crippen LogP contribution in [-0.4, -0.2) is 31.4 Å². The van der Waals surface area contributed by atoms with Gasteiger partial charge in [-0.2, -0.15) is 0 Å². The van der Waals surface area contributed by atoms with Crippen LogP contribution in [0.15, 0.2) is 30.3 Å². The fourth-order valence-electron chi connectivity index (χ4n) is 3.65. The summed E-state index contributed by atoms with van der Waals surface area (Å²) in [4.78, 5) is 11.6. The van der Waals surface area contributed by atoms with Crippen LogP contribution in [-0.2, 0) is 25.6 Å². The number of fused-ring (bicyclic) bond motifs is 1. The Bertz CT molecular complexity index is 501. The van der Waals surface area contributed by atoms with Crippen molar-refractivity contribution in [1.29, 1.82) is 0 Å². The van der Waals surface area contributed by atoms with E-state index in [1.165, 1.54) is 5.56 Å². The summed E-state index contributed by atoms with van der Waals surface area (Å²) >= 11 is 0. The van der Waals surface area contributed by atoms with Crippen molar-refractivity contribution < 1.29 is 19.0 Å². The molecule has 1 heterocycles. The van der Waals surface area contributed by atoms with Crippen molar-refractivity contribution in [2.24, 2.45) is 11.8 Å². The molecule has 23 heavy (non-hydrogen) atoms. The molecule has 3 rings (SSSR count). The molecule has 1 saturated carbocycles. The standard InChI is InChI=1S/C19H26O4/c1-2-3-9-22-17-11-18-15(10-19(20)23-18)16(17)13-21-12-14-7-5-4-6-8-14/h4-8,15-18H,2-3,9-13H2,1H3/t15-,16-,17-,18+/m0/s1. The third-order valence-electron chi connectivity index (χ3n) is 4.91. The molecule has 1 aromatic rings. The van der Waals surface area contributed by atoms with E-state index in [0.29, 0.717) is 19.6 Å². The highest BCUT2D eigenvalue weighted by Gasteiger charge is 2.50. The lowest BCUT2D eigenvalue weighted by atomic mass is 9.93. The first kappa shape index (κ1) is 16.5. The number of ether oxygens (including phenoxy) is 3. The molecule has 2 fully saturated rings. The van der Waals surface area contributed by atoms with Gasteiger partial charge >= 0.3 is 5.97 Å². The average Bonchev–Trinajstić information content (AvgIpc) is 3.06. The van der Waals surface area contributed by atoms with Gasteiger partial charge in [-0.25, -0.2) is 0 Å². The number of hydrogen-bond acceptors (Lipinski definition) is 4. The van der Waals surface area contributed by atoms with E-state index in [2.05, 4.69) is 19.1 Å². The van der Waals surface area contributed by atoms with Crippen molar-refractivity contribution in [2.45, 2.75) is 51.4 Å². The zero-order valence-electron chi connectivity index (χ0n) is 13.8. The molecular formula is C19H26O4. The van der Waals surface area contributed by atoms with E-state index in [4.69, 9.17) is 14.2 Å². The zero-order valence-corrected chi connectivity index (χ0v) is 13.8. The second-order valence-corrected chi connectivity index (χ2v) is 6.56. The predicted octanol–water partition coefficient (Wildman–Crippen LogP) is 3.34. The van der Waals surface area contributed by atoms with E-state index in [1.807, 2.05) is 18.2 Å². The summed E-state index contributed by atoms with van der Waals surface area (Å²) in [6.07, 6.45) is 3.71. The number of carbonyl (C=O) groups is 1. The minimum absolute atomic E-state index is 0.0273. The van der Waals surface area contributed by atoms with Gasteiger partial charge in [0.25, 0.3) is 0 Å². The Labute approximate surface area is 138 Å². The number of rotatable bonds is 8. The second-order valence-electron chi connectivity index (χ2n) is 6.56. The molecular weight excluding hydrogens is 292 g/mol. The maximum absolute atomic E-state index is 11.6. The number of benzene rings is 1. The van der Waals surface area contributed by atoms with E-state index >= 15 is 0 Å². The summed E-state index contributed by atoms with van der Waals surface area (Å²) < 4.78 is 17.4. The Kier molecular flexibility index (Phi) is 5.68. The van der Waals surface area contributed by atoms with Crippen LogP contribution in [0, 0.1) is 11.8 Å². The Hall–Kier alpha value is -1.39. The van der Waals surface area contributed by atoms with Crippen LogP contribution in [0.4, 0.5) is 0 Å². The quantitative estimate of drug-likeness (QED) is 0.545. The Morgan fingerprint density at radius 3 is 2.87 bits per heavy atom. The van der Waals surface area contributed by atoms with Gasteiger partial charge in [-0.05, 0) is 12.0 Å². The van der Waals surface area contributed by atoms with Crippen LogP contribution < -0.4 is 0 Å². The van der Waals surface area contributed by atoms with E-state index < -0.39 is 0 Å². The SMILES string of the molecule is CCCCO[C@H]1C[C@H]2OC(=O)C[C@H]2[C@@H]1COCc1ccccc1. The Balaban J connectivity index is 1.54. The maximum Gasteiger partial charge on any atom is 0.306 e. The summed E-state index contributed by atoms with van der Waals surface area (Å²) in [6, 6.07) is 10.2. The lowest BCUT2D eigenvalue weighted by molar-refractivity contribution is -0.142. The first-order chi connectivity index (χ1) is 11.3. The summed E-state index contributed by atoms with van der Waals surface area (Å²) in [5.74, 6) is 0.442. The van der Waals surface area contributed by atoms with E-state index in [0.717, 1.165) is 25.9 Å². The molecule has 1 aliphatic heterocycles. The van der Waals surface area contributed by atoms with Crippen molar-refractivity contribution in [2.75, 3.05) is 13.2 Å². The highest BCUT2D eigenvalue weighted by atomic mass is 16.6. The number of esters is 1. The maximum atomic E-state index is 11.6. The molecule has 1 aliphatic carbocycles. The summed E-state index contributed by atoms with van der Waals surface area (Å²) in [6.45, 7) is 4.17. The van der Waals surface area contributed by atoms with Gasteiger partial charge < -0.3 is 14.2 Å². The van der Waals surface area contributed by atoms with Crippen molar-refractivity contribution in [3.05, 3.63) is 35.9 Å². The number of unbranched alkanes of at least 4 members (excludes halogenated alkanes) is 1. The predicted molar refractivity (Wildman–Crippen MR) is 86.8 cm³/mol. The molecule has 4 nitrogen and oxygen atoms in total. The zero-order chi connectivity index (χ0) is 16.1. The molecule has 0 bridgehead atoms. The molecule has 0 N–H and O–H groups in total. The average molecular weight is 318 g/mol. The van der Waals surface area contributed by atoms with Gasteiger partial charge in [0.05, 0.1) is 25.7 Å². The van der Waals surface area contributed by atoms with Gasteiger partial charge in [0.2, 0.25) is 0 Å². The molecule has 2 aliphatic rings.